The average Bonchev–Trinajstić information content (AvgIpc) is 3.16. The number of nitrogens with one attached hydrogen (secondary N) is 1. The molecule has 2 rings (SSSR count). The van der Waals surface area contributed by atoms with Gasteiger partial charge in [-0.3, -0.25) is 9.59 Å². The van der Waals surface area contributed by atoms with Crippen molar-refractivity contribution < 1.29 is 29.3 Å². The van der Waals surface area contributed by atoms with Gasteiger partial charge in [-0.1, -0.05) is 51.3 Å². The first-order valence-electron chi connectivity index (χ1n) is 11.4. The van der Waals surface area contributed by atoms with Crippen LogP contribution in [0.4, 0.5) is 10.1 Å². The molecule has 0 aliphatic carbocycles. The van der Waals surface area contributed by atoms with Gasteiger partial charge in [0.25, 0.3) is 5.91 Å². The molecular formula is C27H33FN2O5. The molecule has 0 saturated heterocycles. The van der Waals surface area contributed by atoms with Gasteiger partial charge in [-0.05, 0) is 48.6 Å². The van der Waals surface area contributed by atoms with E-state index in [-0.39, 0.29) is 31.2 Å². The molecule has 0 aliphatic heterocycles. The summed E-state index contributed by atoms with van der Waals surface area (Å²) in [5.74, 6) is -2.18. The lowest BCUT2D eigenvalue weighted by Gasteiger charge is -2.20. The number of aliphatic carboxylic acids is 1. The molecule has 1 aromatic heterocycles. The van der Waals surface area contributed by atoms with Crippen LogP contribution in [-0.4, -0.2) is 44.0 Å². The number of carboxylic acid groups (broad SMARTS) is 1. The van der Waals surface area contributed by atoms with Crippen LogP contribution in [0.15, 0.2) is 67.5 Å². The predicted octanol–water partition coefficient (Wildman–Crippen LogP) is 4.89. The van der Waals surface area contributed by atoms with Crippen molar-refractivity contribution in [3.63, 3.8) is 0 Å². The fourth-order valence-electron chi connectivity index (χ4n) is 3.87. The van der Waals surface area contributed by atoms with Crippen LogP contribution in [0.2, 0.25) is 0 Å². The molecule has 0 bridgehead atoms. The summed E-state index contributed by atoms with van der Waals surface area (Å²) in [5.41, 5.74) is 2.79. The summed E-state index contributed by atoms with van der Waals surface area (Å²) < 4.78 is 15.1. The SMILES string of the molecule is C=C(F)/C=C\C(=C)c1cc(C(=O)Nc2ccccc2)c(C(C)C)n1CCC(O)C[C@@H](O)CC(=O)O. The molecule has 1 heterocycles. The Labute approximate surface area is 204 Å². The number of rotatable bonds is 13. The van der Waals surface area contributed by atoms with E-state index in [2.05, 4.69) is 18.5 Å². The van der Waals surface area contributed by atoms with Crippen molar-refractivity contribution >= 4 is 23.1 Å². The van der Waals surface area contributed by atoms with E-state index in [4.69, 9.17) is 5.11 Å². The first-order valence-corrected chi connectivity index (χ1v) is 11.4. The number of halogens is 1. The third-order valence-electron chi connectivity index (χ3n) is 5.40. The van der Waals surface area contributed by atoms with Crippen LogP contribution >= 0.6 is 0 Å². The minimum Gasteiger partial charge on any atom is -0.481 e. The highest BCUT2D eigenvalue weighted by Crippen LogP contribution is 2.30. The molecule has 0 spiro atoms. The topological polar surface area (TPSA) is 112 Å². The molecule has 35 heavy (non-hydrogen) atoms. The highest BCUT2D eigenvalue weighted by atomic mass is 19.1. The van der Waals surface area contributed by atoms with Crippen LogP contribution in [0.1, 0.15) is 60.8 Å². The number of hydrogen-bond donors (Lipinski definition) is 4. The van der Waals surface area contributed by atoms with Crippen molar-refractivity contribution in [2.45, 2.75) is 57.8 Å². The number of benzene rings is 1. The van der Waals surface area contributed by atoms with Crippen molar-refractivity contribution in [3.05, 3.63) is 84.5 Å². The number of anilines is 1. The molecular weight excluding hydrogens is 451 g/mol. The third kappa shape index (κ3) is 8.35. The number of para-hydroxylation sites is 1. The quantitative estimate of drug-likeness (QED) is 0.302. The van der Waals surface area contributed by atoms with E-state index in [9.17, 15) is 24.2 Å². The first kappa shape index (κ1) is 27.8. The molecule has 0 radical (unpaired) electrons. The maximum Gasteiger partial charge on any atom is 0.305 e. The summed E-state index contributed by atoms with van der Waals surface area (Å²) in [6.45, 7) is 11.4. The maximum absolute atomic E-state index is 13.2. The normalized spacial score (nSPS) is 13.1. The number of nitrogens with zero attached hydrogens (tertiary/aromatic N) is 1. The van der Waals surface area contributed by atoms with E-state index >= 15 is 0 Å². The van der Waals surface area contributed by atoms with Gasteiger partial charge in [0.2, 0.25) is 0 Å². The molecule has 1 aromatic carbocycles. The van der Waals surface area contributed by atoms with Crippen LogP contribution in [0.5, 0.6) is 0 Å². The number of aromatic nitrogens is 1. The van der Waals surface area contributed by atoms with Crippen LogP contribution in [0.25, 0.3) is 5.57 Å². The lowest BCUT2D eigenvalue weighted by atomic mass is 10.0. The van der Waals surface area contributed by atoms with Gasteiger partial charge in [0.15, 0.2) is 0 Å². The Morgan fingerprint density at radius 1 is 1.11 bits per heavy atom. The van der Waals surface area contributed by atoms with E-state index in [0.717, 1.165) is 0 Å². The number of allylic oxidation sites excluding steroid dienone is 4. The van der Waals surface area contributed by atoms with Crippen molar-refractivity contribution in [3.8, 4) is 0 Å². The molecule has 7 nitrogen and oxygen atoms in total. The monoisotopic (exact) mass is 484 g/mol. The summed E-state index contributed by atoms with van der Waals surface area (Å²) in [6, 6.07) is 10.7. The molecule has 2 atom stereocenters. The minimum atomic E-state index is -1.17. The molecule has 2 aromatic rings. The van der Waals surface area contributed by atoms with Crippen LogP contribution < -0.4 is 5.32 Å². The fourth-order valence-corrected chi connectivity index (χ4v) is 3.87. The van der Waals surface area contributed by atoms with Gasteiger partial charge in [0.05, 0.1) is 24.2 Å². The summed E-state index contributed by atoms with van der Waals surface area (Å²) in [7, 11) is 0. The maximum atomic E-state index is 13.2. The second-order valence-corrected chi connectivity index (χ2v) is 8.69. The number of aliphatic hydroxyl groups excluding tert-OH is 2. The van der Waals surface area contributed by atoms with Gasteiger partial charge in [0.1, 0.15) is 5.83 Å². The standard InChI is InChI=1S/C27H33FN2O5/c1-17(2)26-23(27(35)29-20-8-6-5-7-9-20)16-24(18(3)10-11-19(4)28)30(26)13-12-21(31)14-22(32)15-25(33)34/h5-11,16-17,21-22,31-32H,3-4,12-15H2,1-2H3,(H,29,35)(H,33,34)/b11-10-/t21?,22-/m1/s1. The number of hydrogen-bond acceptors (Lipinski definition) is 4. The summed E-state index contributed by atoms with van der Waals surface area (Å²) in [4.78, 5) is 24.0. The zero-order valence-electron chi connectivity index (χ0n) is 20.1. The molecule has 0 aliphatic rings. The Morgan fingerprint density at radius 3 is 2.34 bits per heavy atom. The summed E-state index contributed by atoms with van der Waals surface area (Å²) in [5, 5.41) is 31.9. The summed E-state index contributed by atoms with van der Waals surface area (Å²) >= 11 is 0. The highest BCUT2D eigenvalue weighted by Gasteiger charge is 2.24. The highest BCUT2D eigenvalue weighted by molar-refractivity contribution is 6.06. The number of carboxylic acids is 1. The van der Waals surface area contributed by atoms with E-state index in [1.165, 1.54) is 12.2 Å². The van der Waals surface area contributed by atoms with E-state index in [1.807, 2.05) is 36.6 Å². The van der Waals surface area contributed by atoms with Gasteiger partial charge in [0, 0.05) is 23.6 Å². The fraction of sp³-hybridized carbons (Fsp3) is 0.333. The lowest BCUT2D eigenvalue weighted by Crippen LogP contribution is -2.23. The zero-order valence-corrected chi connectivity index (χ0v) is 20.1. The second-order valence-electron chi connectivity index (χ2n) is 8.69. The van der Waals surface area contributed by atoms with Gasteiger partial charge in [-0.15, -0.1) is 0 Å². The smallest absolute Gasteiger partial charge is 0.305 e. The Morgan fingerprint density at radius 2 is 1.77 bits per heavy atom. The van der Waals surface area contributed by atoms with E-state index in [0.29, 0.717) is 28.2 Å². The lowest BCUT2D eigenvalue weighted by molar-refractivity contribution is -0.139. The second kappa shape index (κ2) is 12.8. The van der Waals surface area contributed by atoms with Crippen molar-refractivity contribution in [1.82, 2.24) is 4.57 Å². The third-order valence-corrected chi connectivity index (χ3v) is 5.40. The van der Waals surface area contributed by atoms with Gasteiger partial charge < -0.3 is 25.2 Å². The molecule has 8 heteroatoms. The number of carbonyl (C=O) groups is 2. The van der Waals surface area contributed by atoms with Crippen LogP contribution in [0, 0.1) is 0 Å². The minimum absolute atomic E-state index is 0.0806. The molecule has 1 amide bonds. The molecule has 4 N–H and O–H groups in total. The van der Waals surface area contributed by atoms with Crippen molar-refractivity contribution in [2.24, 2.45) is 0 Å². The van der Waals surface area contributed by atoms with Crippen molar-refractivity contribution in [1.29, 1.82) is 0 Å². The Bertz CT molecular complexity index is 1090. The molecule has 188 valence electrons. The number of amides is 1. The predicted molar refractivity (Wildman–Crippen MR) is 135 cm³/mol. The van der Waals surface area contributed by atoms with Gasteiger partial charge >= 0.3 is 5.97 Å². The van der Waals surface area contributed by atoms with E-state index < -0.39 is 30.4 Å². The number of carbonyl (C=O) groups excluding carboxylic acids is 1. The van der Waals surface area contributed by atoms with Crippen molar-refractivity contribution in [2.75, 3.05) is 5.32 Å². The average molecular weight is 485 g/mol. The van der Waals surface area contributed by atoms with Gasteiger partial charge in [-0.2, -0.15) is 0 Å². The Kier molecular flexibility index (Phi) is 10.2. The van der Waals surface area contributed by atoms with Crippen LogP contribution in [-0.2, 0) is 11.3 Å². The molecule has 0 fully saturated rings. The van der Waals surface area contributed by atoms with E-state index in [1.54, 1.807) is 18.2 Å². The Balaban J connectivity index is 2.40. The zero-order chi connectivity index (χ0) is 26.1. The largest absolute Gasteiger partial charge is 0.481 e. The summed E-state index contributed by atoms with van der Waals surface area (Å²) in [6.07, 6.45) is 0.156. The molecule has 0 saturated carbocycles. The first-order chi connectivity index (χ1) is 16.5. The number of aliphatic hydroxyl groups is 2. The van der Waals surface area contributed by atoms with Gasteiger partial charge in [-0.25, -0.2) is 4.39 Å². The van der Waals surface area contributed by atoms with Crippen LogP contribution in [0.3, 0.4) is 0 Å². The Hall–Kier alpha value is -3.49. The molecule has 1 unspecified atom stereocenters.